The van der Waals surface area contributed by atoms with Crippen LogP contribution >= 0.6 is 11.3 Å². The van der Waals surface area contributed by atoms with Crippen molar-refractivity contribution in [3.8, 4) is 0 Å². The molecule has 0 aromatic carbocycles. The van der Waals surface area contributed by atoms with Gasteiger partial charge in [0.15, 0.2) is 0 Å². The maximum atomic E-state index is 5.90. The molecule has 0 unspecified atom stereocenters. The van der Waals surface area contributed by atoms with Gasteiger partial charge in [0, 0.05) is 26.3 Å². The van der Waals surface area contributed by atoms with E-state index in [0.717, 1.165) is 45.7 Å². The first kappa shape index (κ1) is 12.0. The van der Waals surface area contributed by atoms with Crippen LogP contribution in [0.5, 0.6) is 0 Å². The van der Waals surface area contributed by atoms with Gasteiger partial charge in [-0.1, -0.05) is 0 Å². The number of rotatable bonds is 5. The molecule has 0 radical (unpaired) electrons. The van der Waals surface area contributed by atoms with Gasteiger partial charge in [0.2, 0.25) is 0 Å². The molecule has 0 saturated carbocycles. The van der Waals surface area contributed by atoms with Crippen molar-refractivity contribution in [1.29, 1.82) is 0 Å². The first-order valence-corrected chi connectivity index (χ1v) is 6.79. The minimum absolute atomic E-state index is 0.258. The molecule has 2 heterocycles. The van der Waals surface area contributed by atoms with E-state index < -0.39 is 0 Å². The molecule has 3 nitrogen and oxygen atoms in total. The van der Waals surface area contributed by atoms with E-state index in [-0.39, 0.29) is 5.41 Å². The zero-order valence-electron chi connectivity index (χ0n) is 9.58. The van der Waals surface area contributed by atoms with Crippen molar-refractivity contribution in [3.63, 3.8) is 0 Å². The Hall–Kier alpha value is -0.420. The number of nitrogens with one attached hydrogen (secondary N) is 1. The van der Waals surface area contributed by atoms with Gasteiger partial charge in [0.1, 0.15) is 0 Å². The van der Waals surface area contributed by atoms with Gasteiger partial charge in [-0.3, -0.25) is 0 Å². The lowest BCUT2D eigenvalue weighted by atomic mass is 9.80. The first-order valence-electron chi connectivity index (χ1n) is 5.84. The Morgan fingerprint density at radius 1 is 1.44 bits per heavy atom. The Morgan fingerprint density at radius 3 is 2.88 bits per heavy atom. The zero-order valence-corrected chi connectivity index (χ0v) is 10.4. The predicted octanol–water partition coefficient (Wildman–Crippen LogP) is 1.59. The quantitative estimate of drug-likeness (QED) is 0.821. The maximum absolute atomic E-state index is 5.90. The predicted molar refractivity (Wildman–Crippen MR) is 67.6 cm³/mol. The second-order valence-corrected chi connectivity index (χ2v) is 5.33. The molecule has 1 aliphatic rings. The summed E-state index contributed by atoms with van der Waals surface area (Å²) >= 11 is 1.75. The number of ether oxygens (including phenoxy) is 1. The van der Waals surface area contributed by atoms with Gasteiger partial charge in [-0.2, -0.15) is 11.3 Å². The van der Waals surface area contributed by atoms with Crippen molar-refractivity contribution in [2.45, 2.75) is 19.4 Å². The number of hydrogen-bond acceptors (Lipinski definition) is 4. The highest BCUT2D eigenvalue weighted by atomic mass is 32.1. The standard InChI is InChI=1S/C12H20N2OS/c13-9-12(2-4-15-5-3-12)10-14-7-11-1-6-16-8-11/h1,6,8,14H,2-5,7,9-10,13H2. The van der Waals surface area contributed by atoms with Gasteiger partial charge in [-0.05, 0) is 47.2 Å². The van der Waals surface area contributed by atoms with E-state index >= 15 is 0 Å². The Morgan fingerprint density at radius 2 is 2.25 bits per heavy atom. The van der Waals surface area contributed by atoms with Crippen LogP contribution in [-0.4, -0.2) is 26.3 Å². The van der Waals surface area contributed by atoms with Gasteiger partial charge in [-0.15, -0.1) is 0 Å². The van der Waals surface area contributed by atoms with E-state index in [4.69, 9.17) is 10.5 Å². The Kier molecular flexibility index (Phi) is 4.35. The normalized spacial score (nSPS) is 19.8. The molecule has 90 valence electrons. The summed E-state index contributed by atoms with van der Waals surface area (Å²) in [6.07, 6.45) is 2.17. The Bertz CT molecular complexity index is 294. The lowest BCUT2D eigenvalue weighted by Gasteiger charge is -2.36. The molecule has 0 bridgehead atoms. The third-order valence-corrected chi connectivity index (χ3v) is 4.13. The molecular weight excluding hydrogens is 220 g/mol. The molecule has 1 aromatic heterocycles. The fourth-order valence-corrected chi connectivity index (χ4v) is 2.79. The molecule has 1 aromatic rings. The first-order chi connectivity index (χ1) is 7.85. The molecule has 0 amide bonds. The molecule has 1 aliphatic heterocycles. The summed E-state index contributed by atoms with van der Waals surface area (Å²) in [5, 5.41) is 7.82. The lowest BCUT2D eigenvalue weighted by molar-refractivity contribution is 0.0191. The van der Waals surface area contributed by atoms with Crippen LogP contribution in [0.25, 0.3) is 0 Å². The Balaban J connectivity index is 1.78. The second-order valence-electron chi connectivity index (χ2n) is 4.55. The van der Waals surface area contributed by atoms with E-state index in [9.17, 15) is 0 Å². The van der Waals surface area contributed by atoms with Crippen LogP contribution in [0.4, 0.5) is 0 Å². The van der Waals surface area contributed by atoms with Crippen molar-refractivity contribution in [2.75, 3.05) is 26.3 Å². The van der Waals surface area contributed by atoms with Crippen molar-refractivity contribution >= 4 is 11.3 Å². The number of hydrogen-bond donors (Lipinski definition) is 2. The summed E-state index contributed by atoms with van der Waals surface area (Å²) in [7, 11) is 0. The van der Waals surface area contributed by atoms with Crippen molar-refractivity contribution in [3.05, 3.63) is 22.4 Å². The highest BCUT2D eigenvalue weighted by Crippen LogP contribution is 2.28. The second kappa shape index (κ2) is 5.77. The molecule has 3 N–H and O–H groups in total. The third kappa shape index (κ3) is 3.04. The maximum Gasteiger partial charge on any atom is 0.0472 e. The van der Waals surface area contributed by atoms with Crippen molar-refractivity contribution in [1.82, 2.24) is 5.32 Å². The summed E-state index contributed by atoms with van der Waals surface area (Å²) in [6.45, 7) is 4.43. The summed E-state index contributed by atoms with van der Waals surface area (Å²) < 4.78 is 5.40. The largest absolute Gasteiger partial charge is 0.381 e. The minimum atomic E-state index is 0.258. The Labute approximate surface area is 101 Å². The highest BCUT2D eigenvalue weighted by molar-refractivity contribution is 7.07. The summed E-state index contributed by atoms with van der Waals surface area (Å²) in [5.41, 5.74) is 7.53. The summed E-state index contributed by atoms with van der Waals surface area (Å²) in [4.78, 5) is 0. The molecule has 16 heavy (non-hydrogen) atoms. The molecule has 0 spiro atoms. The van der Waals surface area contributed by atoms with E-state index in [1.807, 2.05) is 0 Å². The molecule has 2 rings (SSSR count). The van der Waals surface area contributed by atoms with Crippen LogP contribution < -0.4 is 11.1 Å². The summed E-state index contributed by atoms with van der Waals surface area (Å²) in [5.74, 6) is 0. The van der Waals surface area contributed by atoms with Crippen LogP contribution in [0.2, 0.25) is 0 Å². The topological polar surface area (TPSA) is 47.3 Å². The van der Waals surface area contributed by atoms with Crippen LogP contribution in [-0.2, 0) is 11.3 Å². The fraction of sp³-hybridized carbons (Fsp3) is 0.667. The smallest absolute Gasteiger partial charge is 0.0472 e. The SMILES string of the molecule is NCC1(CNCc2ccsc2)CCOCC1. The van der Waals surface area contributed by atoms with Gasteiger partial charge >= 0.3 is 0 Å². The van der Waals surface area contributed by atoms with Crippen molar-refractivity contribution < 1.29 is 4.74 Å². The van der Waals surface area contributed by atoms with Gasteiger partial charge in [-0.25, -0.2) is 0 Å². The highest BCUT2D eigenvalue weighted by Gasteiger charge is 2.30. The van der Waals surface area contributed by atoms with E-state index in [1.54, 1.807) is 11.3 Å². The monoisotopic (exact) mass is 240 g/mol. The van der Waals surface area contributed by atoms with E-state index in [1.165, 1.54) is 5.56 Å². The average Bonchev–Trinajstić information content (AvgIpc) is 2.83. The van der Waals surface area contributed by atoms with Gasteiger partial charge in [0.05, 0.1) is 0 Å². The third-order valence-electron chi connectivity index (χ3n) is 3.40. The van der Waals surface area contributed by atoms with Crippen LogP contribution in [0, 0.1) is 5.41 Å². The molecule has 1 fully saturated rings. The van der Waals surface area contributed by atoms with Crippen LogP contribution in [0.1, 0.15) is 18.4 Å². The number of thiophene rings is 1. The van der Waals surface area contributed by atoms with Crippen molar-refractivity contribution in [2.24, 2.45) is 11.1 Å². The number of nitrogens with two attached hydrogens (primary N) is 1. The molecule has 0 atom stereocenters. The van der Waals surface area contributed by atoms with Gasteiger partial charge < -0.3 is 15.8 Å². The zero-order chi connectivity index (χ0) is 11.3. The lowest BCUT2D eigenvalue weighted by Crippen LogP contribution is -2.44. The van der Waals surface area contributed by atoms with E-state index in [2.05, 4.69) is 22.1 Å². The van der Waals surface area contributed by atoms with Gasteiger partial charge in [0.25, 0.3) is 0 Å². The average molecular weight is 240 g/mol. The minimum Gasteiger partial charge on any atom is -0.381 e. The molecule has 1 saturated heterocycles. The molecule has 0 aliphatic carbocycles. The molecule has 4 heteroatoms. The summed E-state index contributed by atoms with van der Waals surface area (Å²) in [6, 6.07) is 2.16. The molecular formula is C12H20N2OS. The van der Waals surface area contributed by atoms with E-state index in [0.29, 0.717) is 0 Å². The van der Waals surface area contributed by atoms with Crippen LogP contribution in [0.15, 0.2) is 16.8 Å². The fourth-order valence-electron chi connectivity index (χ4n) is 2.12. The van der Waals surface area contributed by atoms with Crippen LogP contribution in [0.3, 0.4) is 0 Å².